The van der Waals surface area contributed by atoms with Crippen LogP contribution < -0.4 is 4.74 Å². The second-order valence-corrected chi connectivity index (χ2v) is 3.21. The summed E-state index contributed by atoms with van der Waals surface area (Å²) in [5, 5.41) is 8.64. The number of nitriles is 1. The molecule has 0 spiro atoms. The first-order valence-electron chi connectivity index (χ1n) is 3.71. The summed E-state index contributed by atoms with van der Waals surface area (Å²) in [5.74, 6) is 0.666. The van der Waals surface area contributed by atoms with Gasteiger partial charge in [-0.2, -0.15) is 5.26 Å². The lowest BCUT2D eigenvalue weighted by molar-refractivity contribution is 0.361. The third-order valence-electron chi connectivity index (χ3n) is 1.42. The molecule has 0 saturated carbocycles. The molecule has 2 nitrogen and oxygen atoms in total. The minimum absolute atomic E-state index is 0.438. The molecule has 0 atom stereocenters. The molecule has 0 N–H and O–H groups in total. The molecule has 1 aromatic rings. The lowest BCUT2D eigenvalue weighted by Gasteiger charge is -2.05. The quantitative estimate of drug-likeness (QED) is 0.758. The first-order chi connectivity index (χ1) is 6.27. The van der Waals surface area contributed by atoms with E-state index in [1.165, 1.54) is 0 Å². The fraction of sp³-hybridized carbons (Fsp3) is 0.100. The monoisotopic (exact) mass is 237 g/mol. The van der Waals surface area contributed by atoms with Crippen molar-refractivity contribution in [2.24, 2.45) is 0 Å². The fourth-order valence-electron chi connectivity index (χ4n) is 0.832. The second kappa shape index (κ2) is 4.68. The van der Waals surface area contributed by atoms with E-state index in [2.05, 4.69) is 22.5 Å². The van der Waals surface area contributed by atoms with Gasteiger partial charge in [-0.1, -0.05) is 12.7 Å². The normalized spacial score (nSPS) is 8.92. The van der Waals surface area contributed by atoms with Gasteiger partial charge in [-0.15, -0.1) is 0 Å². The Morgan fingerprint density at radius 2 is 2.38 bits per heavy atom. The van der Waals surface area contributed by atoms with Crippen molar-refractivity contribution in [2.45, 2.75) is 0 Å². The van der Waals surface area contributed by atoms with Gasteiger partial charge < -0.3 is 4.74 Å². The Kier molecular flexibility index (Phi) is 3.53. The molecule has 0 heterocycles. The number of benzene rings is 1. The van der Waals surface area contributed by atoms with Gasteiger partial charge in [0.05, 0.1) is 16.1 Å². The predicted molar refractivity (Wildman–Crippen MR) is 54.5 cm³/mol. The van der Waals surface area contributed by atoms with Gasteiger partial charge in [0, 0.05) is 0 Å². The molecule has 1 rings (SSSR count). The van der Waals surface area contributed by atoms with Crippen LogP contribution in [0, 0.1) is 11.3 Å². The number of ether oxygens (including phenoxy) is 1. The summed E-state index contributed by atoms with van der Waals surface area (Å²) in [6, 6.07) is 7.25. The van der Waals surface area contributed by atoms with E-state index in [0.29, 0.717) is 17.9 Å². The van der Waals surface area contributed by atoms with Crippen LogP contribution >= 0.6 is 15.9 Å². The van der Waals surface area contributed by atoms with Gasteiger partial charge in [-0.25, -0.2) is 0 Å². The molecule has 0 amide bonds. The van der Waals surface area contributed by atoms with E-state index < -0.39 is 0 Å². The molecule has 1 aromatic carbocycles. The number of hydrogen-bond acceptors (Lipinski definition) is 2. The zero-order valence-electron chi connectivity index (χ0n) is 6.96. The number of hydrogen-bond donors (Lipinski definition) is 0. The molecule has 0 radical (unpaired) electrons. The standard InChI is InChI=1S/C10H8BrNO/c1-2-5-13-10-6-8(7-12)3-4-9(10)11/h2-4,6H,1,5H2. The second-order valence-electron chi connectivity index (χ2n) is 2.36. The highest BCUT2D eigenvalue weighted by atomic mass is 79.9. The van der Waals surface area contributed by atoms with Gasteiger partial charge in [-0.05, 0) is 34.1 Å². The minimum Gasteiger partial charge on any atom is -0.488 e. The van der Waals surface area contributed by atoms with E-state index in [4.69, 9.17) is 10.00 Å². The highest BCUT2D eigenvalue weighted by Gasteiger charge is 2.01. The zero-order chi connectivity index (χ0) is 9.68. The van der Waals surface area contributed by atoms with Crippen LogP contribution in [0.4, 0.5) is 0 Å². The third kappa shape index (κ3) is 2.60. The molecular weight excluding hydrogens is 230 g/mol. The maximum Gasteiger partial charge on any atom is 0.135 e. The highest BCUT2D eigenvalue weighted by molar-refractivity contribution is 9.10. The Bertz CT molecular complexity index is 354. The van der Waals surface area contributed by atoms with Crippen LogP contribution in [0.5, 0.6) is 5.75 Å². The van der Waals surface area contributed by atoms with Crippen molar-refractivity contribution in [3.63, 3.8) is 0 Å². The number of halogens is 1. The van der Waals surface area contributed by atoms with Gasteiger partial charge in [0.1, 0.15) is 12.4 Å². The summed E-state index contributed by atoms with van der Waals surface area (Å²) in [6.07, 6.45) is 1.66. The van der Waals surface area contributed by atoms with Crippen molar-refractivity contribution in [1.82, 2.24) is 0 Å². The van der Waals surface area contributed by atoms with Crippen LogP contribution in [0.3, 0.4) is 0 Å². The summed E-state index contributed by atoms with van der Waals surface area (Å²) in [6.45, 7) is 3.98. The summed E-state index contributed by atoms with van der Waals surface area (Å²) in [5.41, 5.74) is 0.585. The van der Waals surface area contributed by atoms with Gasteiger partial charge in [0.2, 0.25) is 0 Å². The third-order valence-corrected chi connectivity index (χ3v) is 2.07. The van der Waals surface area contributed by atoms with E-state index in [1.807, 2.05) is 6.07 Å². The van der Waals surface area contributed by atoms with E-state index in [0.717, 1.165) is 4.47 Å². The van der Waals surface area contributed by atoms with Crippen molar-refractivity contribution in [3.05, 3.63) is 40.9 Å². The minimum atomic E-state index is 0.438. The van der Waals surface area contributed by atoms with Gasteiger partial charge >= 0.3 is 0 Å². The number of nitrogens with zero attached hydrogens (tertiary/aromatic N) is 1. The van der Waals surface area contributed by atoms with Crippen LogP contribution in [0.2, 0.25) is 0 Å². The molecule has 0 aliphatic carbocycles. The SMILES string of the molecule is C=CCOc1cc(C#N)ccc1Br. The van der Waals surface area contributed by atoms with E-state index in [-0.39, 0.29) is 0 Å². The van der Waals surface area contributed by atoms with Crippen molar-refractivity contribution in [2.75, 3.05) is 6.61 Å². The summed E-state index contributed by atoms with van der Waals surface area (Å²) in [7, 11) is 0. The van der Waals surface area contributed by atoms with Gasteiger partial charge in [-0.3, -0.25) is 0 Å². The molecule has 13 heavy (non-hydrogen) atoms. The van der Waals surface area contributed by atoms with Gasteiger partial charge in [0.25, 0.3) is 0 Å². The summed E-state index contributed by atoms with van der Waals surface area (Å²) >= 11 is 3.32. The Morgan fingerprint density at radius 1 is 1.62 bits per heavy atom. The average Bonchev–Trinajstić information content (AvgIpc) is 2.17. The van der Waals surface area contributed by atoms with E-state index >= 15 is 0 Å². The smallest absolute Gasteiger partial charge is 0.135 e. The van der Waals surface area contributed by atoms with Gasteiger partial charge in [0.15, 0.2) is 0 Å². The van der Waals surface area contributed by atoms with E-state index in [9.17, 15) is 0 Å². The van der Waals surface area contributed by atoms with Crippen molar-refractivity contribution in [1.29, 1.82) is 5.26 Å². The molecule has 0 aromatic heterocycles. The Labute approximate surface area is 85.6 Å². The molecular formula is C10H8BrNO. The highest BCUT2D eigenvalue weighted by Crippen LogP contribution is 2.25. The summed E-state index contributed by atoms with van der Waals surface area (Å²) < 4.78 is 6.15. The van der Waals surface area contributed by atoms with Crippen LogP contribution in [0.25, 0.3) is 0 Å². The first-order valence-corrected chi connectivity index (χ1v) is 4.50. The zero-order valence-corrected chi connectivity index (χ0v) is 8.54. The molecule has 0 aliphatic rings. The maximum atomic E-state index is 8.64. The van der Waals surface area contributed by atoms with Crippen LogP contribution in [0.1, 0.15) is 5.56 Å². The van der Waals surface area contributed by atoms with Crippen molar-refractivity contribution in [3.8, 4) is 11.8 Å². The van der Waals surface area contributed by atoms with Crippen LogP contribution in [-0.4, -0.2) is 6.61 Å². The topological polar surface area (TPSA) is 33.0 Å². The average molecular weight is 238 g/mol. The van der Waals surface area contributed by atoms with Crippen molar-refractivity contribution < 1.29 is 4.74 Å². The Hall–Kier alpha value is -1.27. The first kappa shape index (κ1) is 9.82. The van der Waals surface area contributed by atoms with Crippen molar-refractivity contribution >= 4 is 15.9 Å². The molecule has 0 unspecified atom stereocenters. The van der Waals surface area contributed by atoms with Crippen LogP contribution in [0.15, 0.2) is 35.3 Å². The Morgan fingerprint density at radius 3 is 3.00 bits per heavy atom. The largest absolute Gasteiger partial charge is 0.488 e. The predicted octanol–water partition coefficient (Wildman–Crippen LogP) is 2.89. The molecule has 0 saturated heterocycles. The molecule has 0 bridgehead atoms. The summed E-state index contributed by atoms with van der Waals surface area (Å²) in [4.78, 5) is 0. The Balaban J connectivity index is 2.91. The molecule has 3 heteroatoms. The molecule has 66 valence electrons. The lowest BCUT2D eigenvalue weighted by Crippen LogP contribution is -1.93. The number of rotatable bonds is 3. The lowest BCUT2D eigenvalue weighted by atomic mass is 10.2. The molecule has 0 aliphatic heterocycles. The molecule has 0 fully saturated rings. The van der Waals surface area contributed by atoms with Crippen LogP contribution in [-0.2, 0) is 0 Å². The van der Waals surface area contributed by atoms with E-state index in [1.54, 1.807) is 24.3 Å². The maximum absolute atomic E-state index is 8.64. The fourth-order valence-corrected chi connectivity index (χ4v) is 1.19.